The Kier molecular flexibility index (Phi) is 4.81. The highest BCUT2D eigenvalue weighted by Crippen LogP contribution is 2.43. The van der Waals surface area contributed by atoms with Gasteiger partial charge in [-0.15, -0.1) is 0 Å². The van der Waals surface area contributed by atoms with Crippen LogP contribution in [0.25, 0.3) is 0 Å². The fraction of sp³-hybridized carbons (Fsp3) is 1.00. The normalized spacial score (nSPS) is 21.6. The van der Waals surface area contributed by atoms with Gasteiger partial charge in [0.2, 0.25) is 0 Å². The SMILES string of the molecule is CCC1(CNC(C)CC(C)(C)OC)CCC1. The maximum absolute atomic E-state index is 5.47. The average molecular weight is 227 g/mol. The van der Waals surface area contributed by atoms with E-state index in [1.54, 1.807) is 7.11 Å². The molecule has 1 aliphatic carbocycles. The smallest absolute Gasteiger partial charge is 0.0637 e. The molecule has 16 heavy (non-hydrogen) atoms. The molecule has 1 saturated carbocycles. The van der Waals surface area contributed by atoms with Gasteiger partial charge in [0, 0.05) is 19.7 Å². The molecule has 0 aromatic heterocycles. The van der Waals surface area contributed by atoms with Gasteiger partial charge in [-0.25, -0.2) is 0 Å². The van der Waals surface area contributed by atoms with Gasteiger partial charge < -0.3 is 10.1 Å². The fourth-order valence-electron chi connectivity index (χ4n) is 2.62. The Bertz CT molecular complexity index is 203. The lowest BCUT2D eigenvalue weighted by Crippen LogP contribution is -2.44. The molecule has 0 amide bonds. The van der Waals surface area contributed by atoms with E-state index in [0.717, 1.165) is 6.42 Å². The van der Waals surface area contributed by atoms with Gasteiger partial charge in [0.05, 0.1) is 5.60 Å². The van der Waals surface area contributed by atoms with Crippen molar-refractivity contribution >= 4 is 0 Å². The van der Waals surface area contributed by atoms with E-state index in [1.807, 2.05) is 0 Å². The highest BCUT2D eigenvalue weighted by molar-refractivity contribution is 4.89. The minimum Gasteiger partial charge on any atom is -0.379 e. The summed E-state index contributed by atoms with van der Waals surface area (Å²) in [5.41, 5.74) is 0.608. The van der Waals surface area contributed by atoms with Crippen LogP contribution in [0.2, 0.25) is 0 Å². The molecule has 1 atom stereocenters. The monoisotopic (exact) mass is 227 g/mol. The van der Waals surface area contributed by atoms with Crippen molar-refractivity contribution in [3.05, 3.63) is 0 Å². The maximum Gasteiger partial charge on any atom is 0.0637 e. The van der Waals surface area contributed by atoms with Crippen molar-refractivity contribution < 1.29 is 4.74 Å². The molecule has 0 aromatic rings. The average Bonchev–Trinajstić information content (AvgIpc) is 2.16. The van der Waals surface area contributed by atoms with Crippen molar-refractivity contribution in [2.45, 2.75) is 71.4 Å². The fourth-order valence-corrected chi connectivity index (χ4v) is 2.62. The van der Waals surface area contributed by atoms with Crippen LogP contribution in [0, 0.1) is 5.41 Å². The van der Waals surface area contributed by atoms with Gasteiger partial charge in [-0.05, 0) is 51.9 Å². The molecule has 1 rings (SSSR count). The zero-order chi connectivity index (χ0) is 12.2. The molecule has 0 saturated heterocycles. The molecule has 2 nitrogen and oxygen atoms in total. The zero-order valence-electron chi connectivity index (χ0n) is 11.7. The summed E-state index contributed by atoms with van der Waals surface area (Å²) in [5, 5.41) is 3.69. The third-order valence-corrected chi connectivity index (χ3v) is 4.34. The Balaban J connectivity index is 2.27. The van der Waals surface area contributed by atoms with Crippen molar-refractivity contribution in [3.8, 4) is 0 Å². The van der Waals surface area contributed by atoms with Crippen LogP contribution in [0.4, 0.5) is 0 Å². The number of nitrogens with one attached hydrogen (secondary N) is 1. The van der Waals surface area contributed by atoms with Gasteiger partial charge >= 0.3 is 0 Å². The summed E-state index contributed by atoms with van der Waals surface area (Å²) < 4.78 is 5.47. The lowest BCUT2D eigenvalue weighted by molar-refractivity contribution is 0.00628. The van der Waals surface area contributed by atoms with Crippen LogP contribution in [0.5, 0.6) is 0 Å². The van der Waals surface area contributed by atoms with Crippen molar-refractivity contribution in [1.82, 2.24) is 5.32 Å². The van der Waals surface area contributed by atoms with E-state index < -0.39 is 0 Å². The van der Waals surface area contributed by atoms with Crippen LogP contribution in [0.3, 0.4) is 0 Å². The number of hydrogen-bond donors (Lipinski definition) is 1. The lowest BCUT2D eigenvalue weighted by atomic mass is 9.67. The largest absolute Gasteiger partial charge is 0.379 e. The van der Waals surface area contributed by atoms with E-state index in [-0.39, 0.29) is 5.60 Å². The van der Waals surface area contributed by atoms with Gasteiger partial charge in [-0.1, -0.05) is 13.3 Å². The number of rotatable bonds is 7. The minimum atomic E-state index is -0.00852. The molecule has 2 heteroatoms. The van der Waals surface area contributed by atoms with Crippen LogP contribution < -0.4 is 5.32 Å². The Morgan fingerprint density at radius 2 is 2.00 bits per heavy atom. The first kappa shape index (κ1) is 14.0. The number of methoxy groups -OCH3 is 1. The van der Waals surface area contributed by atoms with Gasteiger partial charge in [-0.2, -0.15) is 0 Å². The summed E-state index contributed by atoms with van der Waals surface area (Å²) in [6.45, 7) is 10.1. The van der Waals surface area contributed by atoms with Gasteiger partial charge in [0.25, 0.3) is 0 Å². The molecule has 1 fully saturated rings. The predicted molar refractivity (Wildman–Crippen MR) is 69.7 cm³/mol. The predicted octanol–water partition coefficient (Wildman–Crippen LogP) is 3.36. The van der Waals surface area contributed by atoms with E-state index in [2.05, 4.69) is 33.0 Å². The Labute approximate surface area is 101 Å². The number of hydrogen-bond acceptors (Lipinski definition) is 2. The summed E-state index contributed by atoms with van der Waals surface area (Å²) in [6.07, 6.45) is 6.64. The Morgan fingerprint density at radius 1 is 1.38 bits per heavy atom. The van der Waals surface area contributed by atoms with Crippen LogP contribution in [0.1, 0.15) is 59.8 Å². The molecule has 0 aliphatic heterocycles. The zero-order valence-corrected chi connectivity index (χ0v) is 11.7. The van der Waals surface area contributed by atoms with Crippen molar-refractivity contribution in [2.75, 3.05) is 13.7 Å². The van der Waals surface area contributed by atoms with Gasteiger partial charge in [0.15, 0.2) is 0 Å². The topological polar surface area (TPSA) is 21.3 Å². The molecular formula is C14H29NO. The van der Waals surface area contributed by atoms with Crippen LogP contribution in [-0.2, 0) is 4.74 Å². The second-order valence-corrected chi connectivity index (χ2v) is 6.16. The third kappa shape index (κ3) is 3.74. The van der Waals surface area contributed by atoms with E-state index >= 15 is 0 Å². The standard InChI is InChI=1S/C14H29NO/c1-6-14(8-7-9-14)11-15-12(2)10-13(3,4)16-5/h12,15H,6-11H2,1-5H3. The molecule has 1 unspecified atom stereocenters. The second kappa shape index (κ2) is 5.50. The number of ether oxygens (including phenoxy) is 1. The highest BCUT2D eigenvalue weighted by Gasteiger charge is 2.35. The molecule has 0 radical (unpaired) electrons. The molecule has 0 aromatic carbocycles. The first-order valence-corrected chi connectivity index (χ1v) is 6.72. The van der Waals surface area contributed by atoms with Crippen molar-refractivity contribution in [3.63, 3.8) is 0 Å². The summed E-state index contributed by atoms with van der Waals surface area (Å²) in [6, 6.07) is 0.541. The van der Waals surface area contributed by atoms with Gasteiger partial charge in [0.1, 0.15) is 0 Å². The molecular weight excluding hydrogens is 198 g/mol. The molecule has 96 valence electrons. The first-order chi connectivity index (χ1) is 7.43. The molecule has 0 spiro atoms. The van der Waals surface area contributed by atoms with Crippen molar-refractivity contribution in [1.29, 1.82) is 0 Å². The van der Waals surface area contributed by atoms with E-state index in [1.165, 1.54) is 32.2 Å². The first-order valence-electron chi connectivity index (χ1n) is 6.72. The van der Waals surface area contributed by atoms with Gasteiger partial charge in [-0.3, -0.25) is 0 Å². The van der Waals surface area contributed by atoms with Crippen LogP contribution in [0.15, 0.2) is 0 Å². The van der Waals surface area contributed by atoms with Crippen molar-refractivity contribution in [2.24, 2.45) is 5.41 Å². The molecule has 1 N–H and O–H groups in total. The summed E-state index contributed by atoms with van der Waals surface area (Å²) in [7, 11) is 1.80. The molecule has 1 aliphatic rings. The Morgan fingerprint density at radius 3 is 2.38 bits per heavy atom. The van der Waals surface area contributed by atoms with E-state index in [0.29, 0.717) is 11.5 Å². The Hall–Kier alpha value is -0.0800. The summed E-state index contributed by atoms with van der Waals surface area (Å²) >= 11 is 0. The van der Waals surface area contributed by atoms with Crippen LogP contribution >= 0.6 is 0 Å². The summed E-state index contributed by atoms with van der Waals surface area (Å²) in [5.74, 6) is 0. The quantitative estimate of drug-likeness (QED) is 0.720. The van der Waals surface area contributed by atoms with E-state index in [9.17, 15) is 0 Å². The second-order valence-electron chi connectivity index (χ2n) is 6.16. The highest BCUT2D eigenvalue weighted by atomic mass is 16.5. The molecule has 0 bridgehead atoms. The summed E-state index contributed by atoms with van der Waals surface area (Å²) in [4.78, 5) is 0. The lowest BCUT2D eigenvalue weighted by Gasteiger charge is -2.42. The van der Waals surface area contributed by atoms with Crippen LogP contribution in [-0.4, -0.2) is 25.3 Å². The van der Waals surface area contributed by atoms with E-state index in [4.69, 9.17) is 4.74 Å². The minimum absolute atomic E-state index is 0.00852. The maximum atomic E-state index is 5.47. The molecule has 0 heterocycles. The third-order valence-electron chi connectivity index (χ3n) is 4.34.